The van der Waals surface area contributed by atoms with E-state index >= 15 is 0 Å². The van der Waals surface area contributed by atoms with Crippen LogP contribution in [0.4, 0.5) is 0 Å². The summed E-state index contributed by atoms with van der Waals surface area (Å²) in [5, 5.41) is 10.9. The van der Waals surface area contributed by atoms with Crippen LogP contribution in [0, 0.1) is 3.57 Å². The molecule has 2 aromatic carbocycles. The van der Waals surface area contributed by atoms with Gasteiger partial charge in [0.15, 0.2) is 0 Å². The van der Waals surface area contributed by atoms with E-state index in [-0.39, 0.29) is 5.92 Å². The van der Waals surface area contributed by atoms with Crippen LogP contribution in [0.25, 0.3) is 0 Å². The number of phenolic OH excluding ortho intramolecular Hbond substituents is 1. The highest BCUT2D eigenvalue weighted by atomic mass is 127. The molecule has 4 heteroatoms. The zero-order valence-electron chi connectivity index (χ0n) is 11.8. The molecule has 1 fully saturated rings. The van der Waals surface area contributed by atoms with Crippen molar-refractivity contribution in [3.63, 3.8) is 0 Å². The Labute approximate surface area is 143 Å². The first-order valence-electron chi connectivity index (χ1n) is 6.97. The Morgan fingerprint density at radius 3 is 2.48 bits per heavy atom. The van der Waals surface area contributed by atoms with Gasteiger partial charge in [0.1, 0.15) is 5.75 Å². The summed E-state index contributed by atoms with van der Waals surface area (Å²) < 4.78 is 1.28. The molecule has 2 unspecified atom stereocenters. The molecule has 1 aliphatic rings. The van der Waals surface area contributed by atoms with Crippen LogP contribution in [0.1, 0.15) is 23.0 Å². The van der Waals surface area contributed by atoms with E-state index in [1.165, 1.54) is 9.13 Å². The Bertz CT molecular complexity index is 661. The zero-order chi connectivity index (χ0) is 15.0. The van der Waals surface area contributed by atoms with Crippen LogP contribution < -0.4 is 0 Å². The number of halogens is 2. The number of rotatable bonds is 2. The van der Waals surface area contributed by atoms with Crippen LogP contribution in [-0.2, 0) is 0 Å². The lowest BCUT2D eigenvalue weighted by molar-refractivity contribution is 0.405. The van der Waals surface area contributed by atoms with Crippen LogP contribution in [0.15, 0.2) is 42.5 Å². The van der Waals surface area contributed by atoms with Gasteiger partial charge in [-0.05, 0) is 59.5 Å². The second kappa shape index (κ2) is 6.15. The minimum absolute atomic E-state index is 0.268. The molecule has 0 aromatic heterocycles. The lowest BCUT2D eigenvalue weighted by atomic mass is 9.84. The third-order valence-electron chi connectivity index (χ3n) is 4.20. The molecule has 21 heavy (non-hydrogen) atoms. The Kier molecular flexibility index (Phi) is 4.43. The minimum atomic E-state index is 0.268. The van der Waals surface area contributed by atoms with E-state index in [4.69, 9.17) is 11.6 Å². The molecule has 0 aliphatic carbocycles. The number of likely N-dealkylation sites (N-methyl/N-ethyl adjacent to an activating group) is 1. The van der Waals surface area contributed by atoms with Crippen molar-refractivity contribution in [2.24, 2.45) is 0 Å². The van der Waals surface area contributed by atoms with Gasteiger partial charge in [-0.3, -0.25) is 0 Å². The van der Waals surface area contributed by atoms with Crippen LogP contribution in [0.3, 0.4) is 0 Å². The lowest BCUT2D eigenvalue weighted by Gasteiger charge is -2.21. The molecule has 3 rings (SSSR count). The van der Waals surface area contributed by atoms with Crippen molar-refractivity contribution >= 4 is 34.2 Å². The van der Waals surface area contributed by atoms with E-state index in [1.54, 1.807) is 12.1 Å². The van der Waals surface area contributed by atoms with E-state index in [0.717, 1.165) is 18.7 Å². The maximum Gasteiger partial charge on any atom is 0.119 e. The quantitative estimate of drug-likeness (QED) is 0.735. The van der Waals surface area contributed by atoms with E-state index in [0.29, 0.717) is 16.7 Å². The van der Waals surface area contributed by atoms with Crippen LogP contribution in [0.5, 0.6) is 5.75 Å². The molecule has 1 heterocycles. The zero-order valence-corrected chi connectivity index (χ0v) is 14.7. The summed E-state index contributed by atoms with van der Waals surface area (Å²) in [4.78, 5) is 2.32. The lowest BCUT2D eigenvalue weighted by Crippen LogP contribution is -2.13. The molecule has 1 saturated heterocycles. The molecule has 2 nitrogen and oxygen atoms in total. The third-order valence-corrected chi connectivity index (χ3v) is 5.41. The summed E-state index contributed by atoms with van der Waals surface area (Å²) in [6.45, 7) is 1.93. The number of hydrogen-bond acceptors (Lipinski definition) is 2. The van der Waals surface area contributed by atoms with Crippen molar-refractivity contribution in [2.75, 3.05) is 20.1 Å². The number of likely N-dealkylation sites (tertiary alicyclic amines) is 1. The van der Waals surface area contributed by atoms with Crippen molar-refractivity contribution in [1.82, 2.24) is 4.90 Å². The van der Waals surface area contributed by atoms with E-state index < -0.39 is 0 Å². The predicted octanol–water partition coefficient (Wildman–Crippen LogP) is 4.46. The Hall–Kier alpha value is -0.780. The van der Waals surface area contributed by atoms with Gasteiger partial charge in [-0.2, -0.15) is 0 Å². The largest absolute Gasteiger partial charge is 0.508 e. The van der Waals surface area contributed by atoms with Crippen molar-refractivity contribution in [3.8, 4) is 5.75 Å². The Morgan fingerprint density at radius 1 is 1.10 bits per heavy atom. The predicted molar refractivity (Wildman–Crippen MR) is 95.3 cm³/mol. The number of phenols is 1. The maximum atomic E-state index is 10.2. The fourth-order valence-corrected chi connectivity index (χ4v) is 4.20. The molecule has 0 spiro atoms. The highest BCUT2D eigenvalue weighted by Crippen LogP contribution is 2.43. The van der Waals surface area contributed by atoms with Gasteiger partial charge in [0.05, 0.1) is 0 Å². The third kappa shape index (κ3) is 3.05. The molecule has 0 bridgehead atoms. The second-order valence-electron chi connectivity index (χ2n) is 5.66. The van der Waals surface area contributed by atoms with Crippen LogP contribution in [0.2, 0.25) is 5.02 Å². The first-order chi connectivity index (χ1) is 10.1. The van der Waals surface area contributed by atoms with Gasteiger partial charge in [0.2, 0.25) is 0 Å². The number of hydrogen-bond donors (Lipinski definition) is 1. The molecule has 1 N–H and O–H groups in total. The van der Waals surface area contributed by atoms with Gasteiger partial charge in [-0.15, -0.1) is 0 Å². The standard InChI is InChI=1S/C17H17ClINO/c1-20-9-14(12-4-2-3-5-16(12)19)15(10-20)13-8-11(18)6-7-17(13)21/h2-8,14-15,21H,9-10H2,1H3. The highest BCUT2D eigenvalue weighted by molar-refractivity contribution is 14.1. The number of nitrogens with zero attached hydrogens (tertiary/aromatic N) is 1. The van der Waals surface area contributed by atoms with E-state index in [2.05, 4.69) is 58.8 Å². The van der Waals surface area contributed by atoms with Crippen LogP contribution in [-0.4, -0.2) is 30.1 Å². The molecular weight excluding hydrogens is 397 g/mol. The van der Waals surface area contributed by atoms with Crippen molar-refractivity contribution in [3.05, 3.63) is 62.2 Å². The molecule has 0 radical (unpaired) electrons. The summed E-state index contributed by atoms with van der Waals surface area (Å²) in [5.74, 6) is 0.993. The molecule has 0 saturated carbocycles. The Morgan fingerprint density at radius 2 is 1.76 bits per heavy atom. The molecule has 2 atom stereocenters. The summed E-state index contributed by atoms with van der Waals surface area (Å²) >= 11 is 8.53. The molecule has 2 aromatic rings. The van der Waals surface area contributed by atoms with Gasteiger partial charge >= 0.3 is 0 Å². The average Bonchev–Trinajstić information content (AvgIpc) is 2.83. The fraction of sp³-hybridized carbons (Fsp3) is 0.294. The van der Waals surface area contributed by atoms with Crippen molar-refractivity contribution in [2.45, 2.75) is 11.8 Å². The first-order valence-corrected chi connectivity index (χ1v) is 8.43. The van der Waals surface area contributed by atoms with Gasteiger partial charge in [0, 0.05) is 39.1 Å². The van der Waals surface area contributed by atoms with Crippen molar-refractivity contribution in [1.29, 1.82) is 0 Å². The monoisotopic (exact) mass is 413 g/mol. The smallest absolute Gasteiger partial charge is 0.119 e. The van der Waals surface area contributed by atoms with Gasteiger partial charge in [-0.25, -0.2) is 0 Å². The maximum absolute atomic E-state index is 10.2. The van der Waals surface area contributed by atoms with Crippen LogP contribution >= 0.6 is 34.2 Å². The number of aromatic hydroxyl groups is 1. The molecule has 1 aliphatic heterocycles. The molecule has 110 valence electrons. The molecular formula is C17H17ClINO. The van der Waals surface area contributed by atoms with Crippen molar-refractivity contribution < 1.29 is 5.11 Å². The topological polar surface area (TPSA) is 23.5 Å². The summed E-state index contributed by atoms with van der Waals surface area (Å²) in [6, 6.07) is 13.8. The highest BCUT2D eigenvalue weighted by Gasteiger charge is 2.35. The number of benzene rings is 2. The van der Waals surface area contributed by atoms with E-state index in [9.17, 15) is 5.11 Å². The molecule has 0 amide bonds. The van der Waals surface area contributed by atoms with Gasteiger partial charge < -0.3 is 10.0 Å². The summed E-state index contributed by atoms with van der Waals surface area (Å²) in [5.41, 5.74) is 2.31. The average molecular weight is 414 g/mol. The summed E-state index contributed by atoms with van der Waals surface area (Å²) in [7, 11) is 2.13. The SMILES string of the molecule is CN1CC(c2cc(Cl)ccc2O)C(c2ccccc2I)C1. The van der Waals surface area contributed by atoms with Gasteiger partial charge in [0.25, 0.3) is 0 Å². The minimum Gasteiger partial charge on any atom is -0.508 e. The Balaban J connectivity index is 2.04. The van der Waals surface area contributed by atoms with Gasteiger partial charge in [-0.1, -0.05) is 29.8 Å². The second-order valence-corrected chi connectivity index (χ2v) is 7.26. The van der Waals surface area contributed by atoms with E-state index in [1.807, 2.05) is 6.07 Å². The summed E-state index contributed by atoms with van der Waals surface area (Å²) in [6.07, 6.45) is 0. The normalized spacial score (nSPS) is 22.6. The first kappa shape index (κ1) is 15.1. The fourth-order valence-electron chi connectivity index (χ4n) is 3.23.